The van der Waals surface area contributed by atoms with Gasteiger partial charge in [0.2, 0.25) is 0 Å². The van der Waals surface area contributed by atoms with Crippen molar-refractivity contribution in [1.29, 1.82) is 0 Å². The highest BCUT2D eigenvalue weighted by atomic mass is 32.2. The Kier molecular flexibility index (Phi) is 4.40. The predicted octanol–water partition coefficient (Wildman–Crippen LogP) is 1.38. The molecule has 2 amide bonds. The average molecular weight is 443 g/mol. The second kappa shape index (κ2) is 6.71. The predicted molar refractivity (Wildman–Crippen MR) is 120 cm³/mol. The summed E-state index contributed by atoms with van der Waals surface area (Å²) in [4.78, 5) is 26.5. The molecule has 8 heteroatoms. The summed E-state index contributed by atoms with van der Waals surface area (Å²) in [5.74, 6) is 3.26. The van der Waals surface area contributed by atoms with Crippen LogP contribution in [-0.4, -0.2) is 34.7 Å². The first-order chi connectivity index (χ1) is 14.6. The maximum Gasteiger partial charge on any atom is 0.346 e. The Morgan fingerprint density at radius 2 is 1.77 bits per heavy atom. The largest absolute Gasteiger partial charge is 0.445 e. The minimum Gasteiger partial charge on any atom is -0.445 e. The van der Waals surface area contributed by atoms with Crippen molar-refractivity contribution in [1.82, 2.24) is 4.72 Å². The van der Waals surface area contributed by atoms with Crippen molar-refractivity contribution in [2.75, 3.05) is 12.4 Å². The van der Waals surface area contributed by atoms with E-state index in [-0.39, 0.29) is 10.5 Å². The van der Waals surface area contributed by atoms with Crippen LogP contribution in [0, 0.1) is 0 Å². The van der Waals surface area contributed by atoms with Crippen LogP contribution in [0.1, 0.15) is 48.9 Å². The van der Waals surface area contributed by atoms with E-state index in [0.29, 0.717) is 5.70 Å². The highest BCUT2D eigenvalue weighted by Crippen LogP contribution is 2.39. The van der Waals surface area contributed by atoms with E-state index in [4.69, 9.17) is 4.74 Å². The number of benzene rings is 1. The summed E-state index contributed by atoms with van der Waals surface area (Å²) in [5.41, 5.74) is 6.07. The number of carbonyl (C=O) groups excluding carboxylic acids is 2. The fraction of sp³-hybridized carbons (Fsp3) is 0.435. The van der Waals surface area contributed by atoms with Crippen LogP contribution in [0.3, 0.4) is 0 Å². The number of hydrogen-bond donors (Lipinski definition) is 3. The number of aryl methyl sites for hydroxylation is 2. The van der Waals surface area contributed by atoms with Gasteiger partial charge in [0.25, 0.3) is 0 Å². The quantitative estimate of drug-likeness (QED) is 0.487. The summed E-state index contributed by atoms with van der Waals surface area (Å²) in [6.45, 7) is 3.60. The number of carbonyl (C=O) groups is 2. The highest BCUT2D eigenvalue weighted by molar-refractivity contribution is 8.02. The molecule has 0 fully saturated rings. The number of fused-ring (bicyclic) bond motifs is 2. The monoisotopic (exact) mass is 442 g/mol. The molecule has 0 saturated heterocycles. The molecule has 2 aliphatic heterocycles. The van der Waals surface area contributed by atoms with Gasteiger partial charge in [-0.1, -0.05) is 6.07 Å². The van der Waals surface area contributed by atoms with Gasteiger partial charge in [0.05, 0.1) is 16.8 Å². The zero-order chi connectivity index (χ0) is 22.1. The van der Waals surface area contributed by atoms with Gasteiger partial charge in [-0.05, 0) is 80.5 Å². The van der Waals surface area contributed by atoms with Gasteiger partial charge in [-0.2, -0.15) is 0 Å². The molecule has 5 rings (SSSR count). The van der Waals surface area contributed by atoms with E-state index in [1.165, 1.54) is 22.3 Å². The van der Waals surface area contributed by atoms with Crippen molar-refractivity contribution in [2.45, 2.75) is 58.0 Å². The fourth-order valence-corrected chi connectivity index (χ4v) is 6.89. The van der Waals surface area contributed by atoms with E-state index in [1.807, 2.05) is 7.05 Å². The third-order valence-corrected chi connectivity index (χ3v) is 8.26. The molecule has 2 aliphatic carbocycles. The van der Waals surface area contributed by atoms with Gasteiger partial charge >= 0.3 is 12.0 Å². The third-order valence-electron chi connectivity index (χ3n) is 6.72. The van der Waals surface area contributed by atoms with Crippen LogP contribution < -0.4 is 14.9 Å². The Balaban J connectivity index is 1.43. The summed E-state index contributed by atoms with van der Waals surface area (Å²) in [6, 6.07) is 1.73. The fourth-order valence-electron chi connectivity index (χ4n) is 5.54. The topological polar surface area (TPSA) is 88.9 Å². The number of anilines is 1. The van der Waals surface area contributed by atoms with Crippen LogP contribution in [-0.2, 0) is 44.9 Å². The van der Waals surface area contributed by atoms with Crippen molar-refractivity contribution >= 4 is 33.3 Å². The molecule has 2 unspecified atom stereocenters. The molecular weight excluding hydrogens is 414 g/mol. The molecule has 31 heavy (non-hydrogen) atoms. The molecule has 4 aliphatic rings. The molecule has 7 nitrogen and oxygen atoms in total. The summed E-state index contributed by atoms with van der Waals surface area (Å²) in [7, 11) is -1.41. The van der Waals surface area contributed by atoms with Crippen molar-refractivity contribution in [3.63, 3.8) is 0 Å². The number of esters is 1. The summed E-state index contributed by atoms with van der Waals surface area (Å²) in [6.07, 6.45) is 7.78. The summed E-state index contributed by atoms with van der Waals surface area (Å²) in [5, 5.41) is 2.99. The number of quaternary nitrogens is 1. The Morgan fingerprint density at radius 3 is 2.39 bits per heavy atom. The maximum atomic E-state index is 13.5. The van der Waals surface area contributed by atoms with E-state index in [2.05, 4.69) is 22.0 Å². The van der Waals surface area contributed by atoms with Crippen LogP contribution >= 0.6 is 0 Å². The molecular formula is C23H28N3O4S+. The lowest BCUT2D eigenvalue weighted by Gasteiger charge is -2.21. The first kappa shape index (κ1) is 20.3. The van der Waals surface area contributed by atoms with Crippen molar-refractivity contribution < 1.29 is 23.4 Å². The molecule has 0 aromatic heterocycles. The first-order valence-electron chi connectivity index (χ1n) is 10.7. The van der Waals surface area contributed by atoms with E-state index in [0.717, 1.165) is 49.1 Å². The maximum absolute atomic E-state index is 13.5. The Labute approximate surface area is 182 Å². The lowest BCUT2D eigenvalue weighted by atomic mass is 9.99. The Bertz CT molecular complexity index is 1180. The SMILES string of the molecule is C=S(=O)(NC(=O)Nc1c2c(cc3c1CCC3)CCC2)C1=C[NH+](C)C2=C1C(=O)OC2(C)C. The molecule has 1 aromatic rings. The second-order valence-electron chi connectivity index (χ2n) is 9.31. The Hall–Kier alpha value is -2.58. The first-order valence-corrected chi connectivity index (χ1v) is 12.5. The van der Waals surface area contributed by atoms with Gasteiger partial charge in [0.15, 0.2) is 11.3 Å². The number of hydrogen-bond acceptors (Lipinski definition) is 4. The van der Waals surface area contributed by atoms with Gasteiger partial charge in [-0.25, -0.2) is 13.8 Å². The van der Waals surface area contributed by atoms with Crippen LogP contribution in [0.5, 0.6) is 0 Å². The molecule has 0 radical (unpaired) electrons. The normalized spacial score (nSPS) is 24.8. The van der Waals surface area contributed by atoms with Crippen LogP contribution in [0.15, 0.2) is 28.4 Å². The van der Waals surface area contributed by atoms with E-state index >= 15 is 0 Å². The van der Waals surface area contributed by atoms with E-state index < -0.39 is 27.3 Å². The summed E-state index contributed by atoms with van der Waals surface area (Å²) < 4.78 is 21.5. The number of ether oxygens (including phenoxy) is 1. The van der Waals surface area contributed by atoms with E-state index in [9.17, 15) is 13.8 Å². The van der Waals surface area contributed by atoms with Crippen LogP contribution in [0.4, 0.5) is 10.5 Å². The van der Waals surface area contributed by atoms with Gasteiger partial charge in [0.1, 0.15) is 16.7 Å². The van der Waals surface area contributed by atoms with Gasteiger partial charge in [0, 0.05) is 5.69 Å². The lowest BCUT2D eigenvalue weighted by molar-refractivity contribution is -0.785. The molecule has 0 spiro atoms. The average Bonchev–Trinajstić information content (AvgIpc) is 3.40. The minimum atomic E-state index is -3.26. The second-order valence-corrected chi connectivity index (χ2v) is 11.3. The van der Waals surface area contributed by atoms with Crippen molar-refractivity contribution in [3.8, 4) is 0 Å². The smallest absolute Gasteiger partial charge is 0.346 e. The zero-order valence-electron chi connectivity index (χ0n) is 18.1. The number of amides is 2. The summed E-state index contributed by atoms with van der Waals surface area (Å²) >= 11 is 0. The molecule has 1 aromatic carbocycles. The number of nitrogens with one attached hydrogen (secondary N) is 3. The molecule has 3 N–H and O–H groups in total. The standard InChI is InChI=1S/C23H27N3O4S/c1-23(2)20-18(21(27)30-23)17(12-26(20)3)31(4,29)25-22(28)24-19-15-9-5-7-13(15)11-14-8-6-10-16(14)19/h11-12H,4-10H2,1-3H3,(H2,24,25,28,29)/p+1. The molecule has 0 saturated carbocycles. The van der Waals surface area contributed by atoms with Crippen LogP contribution in [0.25, 0.3) is 0 Å². The molecule has 2 heterocycles. The van der Waals surface area contributed by atoms with Crippen molar-refractivity contribution in [3.05, 3.63) is 50.7 Å². The minimum absolute atomic E-state index is 0.231. The third kappa shape index (κ3) is 3.11. The van der Waals surface area contributed by atoms with Gasteiger partial charge in [-0.15, -0.1) is 0 Å². The highest BCUT2D eigenvalue weighted by Gasteiger charge is 2.52. The lowest BCUT2D eigenvalue weighted by Crippen LogP contribution is -3.03. The number of cyclic esters (lactones) is 1. The van der Waals surface area contributed by atoms with Gasteiger partial charge in [-0.3, -0.25) is 9.62 Å². The van der Waals surface area contributed by atoms with Crippen molar-refractivity contribution in [2.24, 2.45) is 0 Å². The van der Waals surface area contributed by atoms with Gasteiger partial charge < -0.3 is 10.1 Å². The number of urea groups is 1. The Morgan fingerprint density at radius 1 is 1.16 bits per heavy atom. The number of likely N-dealkylation sites (N-methyl/N-ethyl adjacent to an activating group) is 1. The zero-order valence-corrected chi connectivity index (χ0v) is 19.0. The van der Waals surface area contributed by atoms with E-state index in [1.54, 1.807) is 20.0 Å². The van der Waals surface area contributed by atoms with Crippen LogP contribution in [0.2, 0.25) is 0 Å². The molecule has 164 valence electrons. The number of rotatable bonds is 3. The molecule has 2 atom stereocenters. The molecule has 0 bridgehead atoms.